The van der Waals surface area contributed by atoms with Crippen molar-refractivity contribution in [3.63, 3.8) is 0 Å². The van der Waals surface area contributed by atoms with Gasteiger partial charge >= 0.3 is 0 Å². The summed E-state index contributed by atoms with van der Waals surface area (Å²) in [7, 11) is 0. The van der Waals surface area contributed by atoms with Gasteiger partial charge in [0.15, 0.2) is 6.17 Å². The molecule has 2 N–H and O–H groups in total. The topological polar surface area (TPSA) is 71.3 Å². The van der Waals surface area contributed by atoms with Gasteiger partial charge in [-0.2, -0.15) is 0 Å². The van der Waals surface area contributed by atoms with Crippen LogP contribution in [0.2, 0.25) is 5.02 Å². The first-order chi connectivity index (χ1) is 13.0. The number of guanidine groups is 1. The van der Waals surface area contributed by atoms with Crippen LogP contribution in [-0.4, -0.2) is 15.5 Å². The van der Waals surface area contributed by atoms with Gasteiger partial charge < -0.3 is 5.32 Å². The van der Waals surface area contributed by atoms with Crippen LogP contribution in [0.5, 0.6) is 0 Å². The molecular formula is C20H18ClN5O. The molecular weight excluding hydrogens is 362 g/mol. The lowest BCUT2D eigenvalue weighted by molar-refractivity contribution is 0.577. The van der Waals surface area contributed by atoms with Crippen molar-refractivity contribution in [2.45, 2.75) is 20.0 Å². The second kappa shape index (κ2) is 6.89. The molecule has 4 rings (SSSR count). The van der Waals surface area contributed by atoms with Crippen molar-refractivity contribution >= 4 is 29.2 Å². The molecule has 1 aliphatic rings. The summed E-state index contributed by atoms with van der Waals surface area (Å²) in [6, 6.07) is 16.8. The fourth-order valence-corrected chi connectivity index (χ4v) is 3.16. The molecule has 0 amide bonds. The minimum Gasteiger partial charge on any atom is -0.326 e. The number of fused-ring (bicyclic) bond motifs is 1. The number of anilines is 2. The first-order valence-electron chi connectivity index (χ1n) is 8.54. The lowest BCUT2D eigenvalue weighted by Gasteiger charge is -2.27. The maximum atomic E-state index is 12.6. The first kappa shape index (κ1) is 17.3. The molecule has 1 unspecified atom stereocenters. The van der Waals surface area contributed by atoms with Gasteiger partial charge in [-0.1, -0.05) is 35.9 Å². The van der Waals surface area contributed by atoms with E-state index in [1.807, 2.05) is 43.3 Å². The molecule has 0 bridgehead atoms. The summed E-state index contributed by atoms with van der Waals surface area (Å²) in [4.78, 5) is 21.8. The van der Waals surface area contributed by atoms with Gasteiger partial charge in [0.2, 0.25) is 11.9 Å². The zero-order valence-electron chi connectivity index (χ0n) is 14.9. The summed E-state index contributed by atoms with van der Waals surface area (Å²) in [5, 5.41) is 7.02. The monoisotopic (exact) mass is 379 g/mol. The minimum absolute atomic E-state index is 0.164. The van der Waals surface area contributed by atoms with Crippen LogP contribution in [0.25, 0.3) is 0 Å². The van der Waals surface area contributed by atoms with Crippen LogP contribution in [-0.2, 0) is 0 Å². The molecule has 136 valence electrons. The van der Waals surface area contributed by atoms with Gasteiger partial charge in [0.25, 0.3) is 5.56 Å². The van der Waals surface area contributed by atoms with Crippen molar-refractivity contribution in [1.29, 1.82) is 0 Å². The van der Waals surface area contributed by atoms with E-state index in [0.717, 1.165) is 16.8 Å². The van der Waals surface area contributed by atoms with Crippen LogP contribution in [0.4, 0.5) is 11.6 Å². The fourth-order valence-electron chi connectivity index (χ4n) is 3.03. The molecule has 0 fully saturated rings. The van der Waals surface area contributed by atoms with Crippen molar-refractivity contribution in [3.05, 3.63) is 86.8 Å². The molecule has 2 heterocycles. The van der Waals surface area contributed by atoms with Gasteiger partial charge in [0.1, 0.15) is 0 Å². The number of aromatic nitrogens is 2. The molecule has 2 aromatic carbocycles. The molecule has 0 saturated heterocycles. The number of hydrogen-bond donors (Lipinski definition) is 2. The van der Waals surface area contributed by atoms with E-state index in [4.69, 9.17) is 16.6 Å². The van der Waals surface area contributed by atoms with E-state index < -0.39 is 6.17 Å². The molecule has 3 aromatic rings. The Hall–Kier alpha value is -3.12. The molecule has 1 aromatic heterocycles. The third-order valence-corrected chi connectivity index (χ3v) is 4.51. The van der Waals surface area contributed by atoms with E-state index in [2.05, 4.69) is 15.6 Å². The molecule has 1 aliphatic heterocycles. The van der Waals surface area contributed by atoms with Crippen molar-refractivity contribution in [2.24, 2.45) is 4.99 Å². The molecule has 0 spiro atoms. The van der Waals surface area contributed by atoms with Crippen LogP contribution in [0.3, 0.4) is 0 Å². The molecule has 27 heavy (non-hydrogen) atoms. The SMILES string of the molecule is Cc1cccc(NC2=NC(c3ccc(Cl)cc3)n3c(nc(C)cc3=O)N2)c1. The van der Waals surface area contributed by atoms with E-state index in [1.54, 1.807) is 19.1 Å². The number of benzene rings is 2. The molecule has 0 saturated carbocycles. The summed E-state index contributed by atoms with van der Waals surface area (Å²) in [6.07, 6.45) is -0.536. The maximum absolute atomic E-state index is 12.6. The average molecular weight is 380 g/mol. The van der Waals surface area contributed by atoms with Crippen molar-refractivity contribution < 1.29 is 0 Å². The number of aryl methyl sites for hydroxylation is 2. The van der Waals surface area contributed by atoms with Crippen LogP contribution in [0, 0.1) is 13.8 Å². The summed E-state index contributed by atoms with van der Waals surface area (Å²) < 4.78 is 1.54. The number of nitrogens with zero attached hydrogens (tertiary/aromatic N) is 3. The largest absolute Gasteiger partial charge is 0.326 e. The molecule has 1 atom stereocenters. The van der Waals surface area contributed by atoms with Gasteiger partial charge in [-0.3, -0.25) is 14.7 Å². The highest BCUT2D eigenvalue weighted by Crippen LogP contribution is 2.26. The number of hydrogen-bond acceptors (Lipinski definition) is 5. The van der Waals surface area contributed by atoms with E-state index in [0.29, 0.717) is 22.6 Å². The third kappa shape index (κ3) is 3.57. The van der Waals surface area contributed by atoms with Crippen molar-refractivity contribution in [2.75, 3.05) is 10.6 Å². The smallest absolute Gasteiger partial charge is 0.257 e. The van der Waals surface area contributed by atoms with Crippen molar-refractivity contribution in [3.8, 4) is 0 Å². The molecule has 0 aliphatic carbocycles. The lowest BCUT2D eigenvalue weighted by Crippen LogP contribution is -2.37. The van der Waals surface area contributed by atoms with Gasteiger partial charge in [-0.25, -0.2) is 9.98 Å². The maximum Gasteiger partial charge on any atom is 0.257 e. The number of nitrogens with one attached hydrogen (secondary N) is 2. The van der Waals surface area contributed by atoms with Crippen LogP contribution >= 0.6 is 11.6 Å². The quantitative estimate of drug-likeness (QED) is 0.707. The van der Waals surface area contributed by atoms with E-state index >= 15 is 0 Å². The van der Waals surface area contributed by atoms with Gasteiger partial charge in [-0.05, 0) is 49.2 Å². The van der Waals surface area contributed by atoms with Crippen LogP contribution in [0.15, 0.2) is 64.4 Å². The Bertz CT molecular complexity index is 1090. The zero-order chi connectivity index (χ0) is 19.0. The van der Waals surface area contributed by atoms with E-state index in [9.17, 15) is 4.79 Å². The molecule has 7 heteroatoms. The molecule has 0 radical (unpaired) electrons. The highest BCUT2D eigenvalue weighted by Gasteiger charge is 2.25. The normalized spacial score (nSPS) is 15.5. The average Bonchev–Trinajstić information content (AvgIpc) is 2.61. The Morgan fingerprint density at radius 1 is 1.11 bits per heavy atom. The van der Waals surface area contributed by atoms with Gasteiger partial charge in [0.05, 0.1) is 0 Å². The lowest BCUT2D eigenvalue weighted by atomic mass is 10.1. The van der Waals surface area contributed by atoms with E-state index in [1.165, 1.54) is 10.6 Å². The fraction of sp³-hybridized carbons (Fsp3) is 0.150. The first-order valence-corrected chi connectivity index (χ1v) is 8.91. The standard InChI is InChI=1S/C20H18ClN5O/c1-12-4-3-5-16(10-12)23-19-24-18(14-6-8-15(21)9-7-14)26-17(27)11-13(2)22-20(26)25-19/h3-11,18H,1-2H3,(H2,22,23,24,25). The van der Waals surface area contributed by atoms with Crippen LogP contribution in [0.1, 0.15) is 23.0 Å². The predicted molar refractivity (Wildman–Crippen MR) is 109 cm³/mol. The Kier molecular flexibility index (Phi) is 4.41. The summed E-state index contributed by atoms with van der Waals surface area (Å²) in [6.45, 7) is 3.82. The Morgan fingerprint density at radius 2 is 1.89 bits per heavy atom. The number of aliphatic imine (C=N–C) groups is 1. The second-order valence-corrected chi connectivity index (χ2v) is 6.89. The zero-order valence-corrected chi connectivity index (χ0v) is 15.7. The highest BCUT2D eigenvalue weighted by atomic mass is 35.5. The summed E-state index contributed by atoms with van der Waals surface area (Å²) in [5.74, 6) is 0.975. The van der Waals surface area contributed by atoms with Crippen LogP contribution < -0.4 is 16.2 Å². The predicted octanol–water partition coefficient (Wildman–Crippen LogP) is 3.95. The second-order valence-electron chi connectivity index (χ2n) is 6.45. The Labute approximate surface area is 161 Å². The van der Waals surface area contributed by atoms with E-state index in [-0.39, 0.29) is 5.56 Å². The van der Waals surface area contributed by atoms with Crippen molar-refractivity contribution in [1.82, 2.24) is 9.55 Å². The molecule has 6 nitrogen and oxygen atoms in total. The summed E-state index contributed by atoms with van der Waals surface area (Å²) >= 11 is 6.01. The van der Waals surface area contributed by atoms with Gasteiger partial charge in [0, 0.05) is 22.5 Å². The van der Waals surface area contributed by atoms with Gasteiger partial charge in [-0.15, -0.1) is 0 Å². The number of halogens is 1. The third-order valence-electron chi connectivity index (χ3n) is 4.26. The highest BCUT2D eigenvalue weighted by molar-refractivity contribution is 6.30. The summed E-state index contributed by atoms with van der Waals surface area (Å²) in [5.41, 5.74) is 3.36. The minimum atomic E-state index is -0.536. The Morgan fingerprint density at radius 3 is 2.63 bits per heavy atom. The Balaban J connectivity index is 1.80. The number of rotatable bonds is 2.